The first-order valence-corrected chi connectivity index (χ1v) is 12.2. The highest BCUT2D eigenvalue weighted by atomic mass is 127. The highest BCUT2D eigenvalue weighted by molar-refractivity contribution is 14.1. The number of nitrogens with one attached hydrogen (secondary N) is 3. The van der Waals surface area contributed by atoms with E-state index in [2.05, 4.69) is 21.3 Å². The summed E-state index contributed by atoms with van der Waals surface area (Å²) in [5, 5.41) is 2.83. The van der Waals surface area contributed by atoms with E-state index in [1.165, 1.54) is 18.2 Å². The van der Waals surface area contributed by atoms with Gasteiger partial charge in [0, 0.05) is 9.11 Å². The first-order chi connectivity index (χ1) is 14.2. The summed E-state index contributed by atoms with van der Waals surface area (Å²) in [7, 11) is -3.93. The van der Waals surface area contributed by atoms with Gasteiger partial charge in [-0.1, -0.05) is 13.0 Å². The Hall–Kier alpha value is -1.72. The zero-order valence-corrected chi connectivity index (χ0v) is 19.5. The van der Waals surface area contributed by atoms with Gasteiger partial charge in [-0.3, -0.25) is 4.72 Å². The summed E-state index contributed by atoms with van der Waals surface area (Å²) in [4.78, 5) is 0. The maximum atomic E-state index is 14.3. The molecule has 3 rings (SSSR count). The van der Waals surface area contributed by atoms with E-state index in [1.807, 2.05) is 22.6 Å². The SMILES string of the molecule is C=CCCC1(NS(=O)(=O)Nc2c(CC)cc(F)cc2Nc2ccc(I)cc2F)CC1. The van der Waals surface area contributed by atoms with Gasteiger partial charge in [0.05, 0.1) is 17.1 Å². The number of halogens is 3. The predicted octanol–water partition coefficient (Wildman–Crippen LogP) is 5.62. The lowest BCUT2D eigenvalue weighted by Gasteiger charge is -2.21. The summed E-state index contributed by atoms with van der Waals surface area (Å²) in [5.74, 6) is -1.06. The van der Waals surface area contributed by atoms with Gasteiger partial charge >= 0.3 is 0 Å². The molecular formula is C21H24F2IN3O2S. The van der Waals surface area contributed by atoms with Crippen LogP contribution in [-0.4, -0.2) is 14.0 Å². The minimum atomic E-state index is -3.93. The van der Waals surface area contributed by atoms with Crippen LogP contribution in [0.15, 0.2) is 43.0 Å². The zero-order chi connectivity index (χ0) is 21.9. The van der Waals surface area contributed by atoms with Crippen LogP contribution in [0, 0.1) is 15.2 Å². The van der Waals surface area contributed by atoms with Gasteiger partial charge in [0.25, 0.3) is 10.2 Å². The minimum Gasteiger partial charge on any atom is -0.351 e. The third-order valence-corrected chi connectivity index (χ3v) is 6.88. The van der Waals surface area contributed by atoms with Crippen LogP contribution < -0.4 is 14.8 Å². The normalized spacial score (nSPS) is 14.9. The van der Waals surface area contributed by atoms with E-state index >= 15 is 0 Å². The van der Waals surface area contributed by atoms with E-state index < -0.39 is 27.4 Å². The molecule has 9 heteroatoms. The molecule has 162 valence electrons. The van der Waals surface area contributed by atoms with E-state index in [0.29, 0.717) is 28.4 Å². The fourth-order valence-electron chi connectivity index (χ4n) is 3.27. The first-order valence-electron chi connectivity index (χ1n) is 9.64. The topological polar surface area (TPSA) is 70.2 Å². The number of anilines is 3. The van der Waals surface area contributed by atoms with Crippen LogP contribution in [0.2, 0.25) is 0 Å². The number of aryl methyl sites for hydroxylation is 1. The van der Waals surface area contributed by atoms with Crippen LogP contribution in [0.3, 0.4) is 0 Å². The van der Waals surface area contributed by atoms with Gasteiger partial charge in [-0.2, -0.15) is 13.1 Å². The highest BCUT2D eigenvalue weighted by Gasteiger charge is 2.45. The Morgan fingerprint density at radius 3 is 2.53 bits per heavy atom. The molecule has 0 spiro atoms. The molecule has 0 unspecified atom stereocenters. The van der Waals surface area contributed by atoms with Gasteiger partial charge in [-0.05, 0) is 90.6 Å². The molecule has 1 fully saturated rings. The van der Waals surface area contributed by atoms with Crippen molar-refractivity contribution >= 4 is 49.9 Å². The molecule has 3 N–H and O–H groups in total. The number of benzene rings is 2. The first kappa shape index (κ1) is 23.0. The van der Waals surface area contributed by atoms with E-state index in [9.17, 15) is 17.2 Å². The molecule has 2 aromatic carbocycles. The molecule has 1 aliphatic rings. The molecule has 30 heavy (non-hydrogen) atoms. The van der Waals surface area contributed by atoms with E-state index in [0.717, 1.165) is 18.9 Å². The van der Waals surface area contributed by atoms with Crippen molar-refractivity contribution in [1.82, 2.24) is 4.72 Å². The average Bonchev–Trinajstić information content (AvgIpc) is 3.42. The summed E-state index contributed by atoms with van der Waals surface area (Å²) in [6, 6.07) is 6.99. The van der Waals surface area contributed by atoms with Gasteiger partial charge in [-0.15, -0.1) is 6.58 Å². The summed E-state index contributed by atoms with van der Waals surface area (Å²) < 4.78 is 60.2. The van der Waals surface area contributed by atoms with Gasteiger partial charge in [-0.25, -0.2) is 8.78 Å². The Bertz CT molecular complexity index is 1060. The molecule has 0 aliphatic heterocycles. The van der Waals surface area contributed by atoms with Crippen molar-refractivity contribution in [3.8, 4) is 0 Å². The molecule has 0 saturated heterocycles. The van der Waals surface area contributed by atoms with Crippen molar-refractivity contribution < 1.29 is 17.2 Å². The smallest absolute Gasteiger partial charge is 0.299 e. The molecule has 2 aromatic rings. The predicted molar refractivity (Wildman–Crippen MR) is 125 cm³/mol. The van der Waals surface area contributed by atoms with Crippen LogP contribution in [-0.2, 0) is 16.6 Å². The van der Waals surface area contributed by atoms with Crippen molar-refractivity contribution in [2.75, 3.05) is 10.0 Å². The van der Waals surface area contributed by atoms with Crippen molar-refractivity contribution in [2.45, 2.75) is 44.6 Å². The van der Waals surface area contributed by atoms with Crippen LogP contribution >= 0.6 is 22.6 Å². The standard InChI is InChI=1S/C21H24F2IN3O2S/c1-3-5-8-21(9-10-21)27-30(28,29)26-20-14(4-2)11-15(22)12-19(20)25-18-7-6-16(24)13-17(18)23/h3,6-7,11-13,25-27H,1,4-5,8-10H2,2H3. The monoisotopic (exact) mass is 547 g/mol. The summed E-state index contributed by atoms with van der Waals surface area (Å²) in [6.07, 6.45) is 5.03. The maximum absolute atomic E-state index is 14.3. The van der Waals surface area contributed by atoms with Crippen molar-refractivity contribution in [3.05, 3.63) is 63.8 Å². The number of hydrogen-bond acceptors (Lipinski definition) is 3. The van der Waals surface area contributed by atoms with Crippen LogP contribution in [0.5, 0.6) is 0 Å². The van der Waals surface area contributed by atoms with Gasteiger partial charge in [0.2, 0.25) is 0 Å². The third-order valence-electron chi connectivity index (χ3n) is 5.03. The maximum Gasteiger partial charge on any atom is 0.299 e. The largest absolute Gasteiger partial charge is 0.351 e. The number of rotatable bonds is 10. The van der Waals surface area contributed by atoms with E-state index in [-0.39, 0.29) is 17.1 Å². The lowest BCUT2D eigenvalue weighted by atomic mass is 10.1. The third kappa shape index (κ3) is 5.70. The molecule has 1 aliphatic carbocycles. The minimum absolute atomic E-state index is 0.126. The summed E-state index contributed by atoms with van der Waals surface area (Å²) >= 11 is 1.99. The molecule has 0 aromatic heterocycles. The molecule has 1 saturated carbocycles. The summed E-state index contributed by atoms with van der Waals surface area (Å²) in [5.41, 5.74) is 0.463. The lowest BCUT2D eigenvalue weighted by Crippen LogP contribution is -2.40. The van der Waals surface area contributed by atoms with E-state index in [1.54, 1.807) is 19.1 Å². The van der Waals surface area contributed by atoms with Gasteiger partial charge in [0.15, 0.2) is 0 Å². The van der Waals surface area contributed by atoms with Crippen molar-refractivity contribution in [1.29, 1.82) is 0 Å². The van der Waals surface area contributed by atoms with Crippen LogP contribution in [0.4, 0.5) is 25.8 Å². The Labute approximate surface area is 189 Å². The highest BCUT2D eigenvalue weighted by Crippen LogP contribution is 2.41. The molecule has 0 heterocycles. The van der Waals surface area contributed by atoms with Gasteiger partial charge < -0.3 is 5.32 Å². The fourth-order valence-corrected chi connectivity index (χ4v) is 5.16. The second-order valence-electron chi connectivity index (χ2n) is 7.41. The molecule has 0 bridgehead atoms. The van der Waals surface area contributed by atoms with E-state index in [4.69, 9.17) is 0 Å². The quantitative estimate of drug-likeness (QED) is 0.267. The molecule has 0 amide bonds. The fraction of sp³-hybridized carbons (Fsp3) is 0.333. The second kappa shape index (κ2) is 9.19. The Balaban J connectivity index is 1.92. The Kier molecular flexibility index (Phi) is 7.03. The zero-order valence-electron chi connectivity index (χ0n) is 16.6. The van der Waals surface area contributed by atoms with Crippen molar-refractivity contribution in [2.24, 2.45) is 0 Å². The Morgan fingerprint density at radius 1 is 1.20 bits per heavy atom. The Morgan fingerprint density at radius 2 is 1.93 bits per heavy atom. The second-order valence-corrected chi connectivity index (χ2v) is 10.1. The van der Waals surface area contributed by atoms with Gasteiger partial charge in [0.1, 0.15) is 11.6 Å². The number of allylic oxidation sites excluding steroid dienone is 1. The number of hydrogen-bond donors (Lipinski definition) is 3. The summed E-state index contributed by atoms with van der Waals surface area (Å²) in [6.45, 7) is 5.48. The molecule has 5 nitrogen and oxygen atoms in total. The molecular weight excluding hydrogens is 523 g/mol. The molecule has 0 radical (unpaired) electrons. The van der Waals surface area contributed by atoms with Crippen LogP contribution in [0.25, 0.3) is 0 Å². The molecule has 0 atom stereocenters. The van der Waals surface area contributed by atoms with Crippen molar-refractivity contribution in [3.63, 3.8) is 0 Å². The lowest BCUT2D eigenvalue weighted by molar-refractivity contribution is 0.524. The van der Waals surface area contributed by atoms with Crippen LogP contribution in [0.1, 0.15) is 38.2 Å². The average molecular weight is 547 g/mol.